The highest BCUT2D eigenvalue weighted by Crippen LogP contribution is 2.41. The molecule has 0 saturated carbocycles. The summed E-state index contributed by atoms with van der Waals surface area (Å²) in [6, 6.07) is 32.5. The molecule has 0 spiro atoms. The van der Waals surface area contributed by atoms with Crippen LogP contribution in [0.4, 0.5) is 0 Å². The minimum absolute atomic E-state index is 0.183. The third-order valence-corrected chi connectivity index (χ3v) is 8.61. The maximum atomic E-state index is 9.23. The Morgan fingerprint density at radius 3 is 1.82 bits per heavy atom. The first-order valence-electron chi connectivity index (χ1n) is 18.6. The van der Waals surface area contributed by atoms with Crippen molar-refractivity contribution in [3.8, 4) is 22.3 Å². The molecule has 9 aromatic rings. The predicted molar refractivity (Wildman–Crippen MR) is 186 cm³/mol. The van der Waals surface area contributed by atoms with Gasteiger partial charge in [-0.15, -0.1) is 0 Å². The number of furan rings is 1. The van der Waals surface area contributed by atoms with Crippen LogP contribution in [0, 0.1) is 0 Å². The average molecular weight is 569 g/mol. The molecule has 44 heavy (non-hydrogen) atoms. The zero-order valence-electron chi connectivity index (χ0n) is 31.5. The first-order valence-corrected chi connectivity index (χ1v) is 14.6. The molecule has 1 nitrogen and oxygen atoms in total. The van der Waals surface area contributed by atoms with Crippen LogP contribution in [0.15, 0.2) is 162 Å². The quantitative estimate of drug-likeness (QED) is 0.192. The Balaban J connectivity index is 1.34. The molecule has 1 aromatic heterocycles. The maximum Gasteiger partial charge on any atom is 0.135 e. The molecule has 0 N–H and O–H groups in total. The van der Waals surface area contributed by atoms with Crippen LogP contribution in [0.1, 0.15) is 22.1 Å². The molecule has 0 bridgehead atoms. The average Bonchev–Trinajstić information content (AvgIpc) is 3.55. The van der Waals surface area contributed by atoms with E-state index in [9.17, 15) is 5.48 Å². The molecule has 0 aliphatic carbocycles. The second-order valence-electron chi connectivity index (χ2n) is 11.1. The van der Waals surface area contributed by atoms with E-state index in [0.717, 1.165) is 49.4 Å². The second kappa shape index (κ2) is 9.97. The van der Waals surface area contributed by atoms with Crippen molar-refractivity contribution in [1.82, 2.24) is 0 Å². The second-order valence-corrected chi connectivity index (χ2v) is 11.1. The fraction of sp³-hybridized carbons (Fsp3) is 0.0233. The Hall–Kier alpha value is -5.66. The standard InChI is InChI=1S/C43H28O/c1-2-13-33-29(10-1)11-9-12-32(33)27-39-34-14-3-5-17-37(34)43(38-18-6-4-15-35(38)39)30-22-20-28(21-23-30)31-24-25-42-40(26-31)36-16-7-8-19-41(36)44-42/h1-26H,27H2/i3D,4D,5D,6D,14D,15D,17D,18D. The number of hydrogen-bond donors (Lipinski definition) is 0. The molecular formula is C43H28O. The summed E-state index contributed by atoms with van der Waals surface area (Å²) in [5.74, 6) is 0. The van der Waals surface area contributed by atoms with Crippen LogP contribution in [0.3, 0.4) is 0 Å². The Bertz CT molecular complexity index is 2880. The maximum absolute atomic E-state index is 9.23. The van der Waals surface area contributed by atoms with Crippen LogP contribution in [-0.4, -0.2) is 0 Å². The van der Waals surface area contributed by atoms with Crippen LogP contribution in [0.2, 0.25) is 0 Å². The van der Waals surface area contributed by atoms with Gasteiger partial charge in [-0.3, -0.25) is 0 Å². The van der Waals surface area contributed by atoms with E-state index in [-0.39, 0.29) is 52.1 Å². The number of benzene rings is 8. The zero-order valence-corrected chi connectivity index (χ0v) is 23.5. The molecule has 0 fully saturated rings. The lowest BCUT2D eigenvalue weighted by atomic mass is 9.85. The highest BCUT2D eigenvalue weighted by Gasteiger charge is 2.16. The third kappa shape index (κ3) is 3.94. The fourth-order valence-electron chi connectivity index (χ4n) is 6.54. The van der Waals surface area contributed by atoms with Gasteiger partial charge in [0, 0.05) is 10.8 Å². The molecule has 0 aliphatic rings. The van der Waals surface area contributed by atoms with Crippen molar-refractivity contribution >= 4 is 54.3 Å². The molecule has 0 radical (unpaired) electrons. The van der Waals surface area contributed by atoms with Crippen LogP contribution >= 0.6 is 0 Å². The van der Waals surface area contributed by atoms with Crippen molar-refractivity contribution in [3.05, 3.63) is 169 Å². The minimum atomic E-state index is -0.410. The normalized spacial score (nSPS) is 14.3. The van der Waals surface area contributed by atoms with Crippen molar-refractivity contribution in [2.24, 2.45) is 0 Å². The molecule has 0 aliphatic heterocycles. The van der Waals surface area contributed by atoms with Crippen molar-refractivity contribution in [1.29, 1.82) is 0 Å². The monoisotopic (exact) mass is 568 g/mol. The summed E-state index contributed by atoms with van der Waals surface area (Å²) in [6.45, 7) is 0. The first kappa shape index (κ1) is 18.1. The molecule has 1 heteroatoms. The SMILES string of the molecule is [2H]c1c([2H])c([2H])c2c(-c3ccc(-c4ccc5oc6ccccc6c5c4)cc3)c3c([2H])c([2H])c([2H])c([2H])c3c(Cc3cccc4ccccc34)c2c1[2H]. The van der Waals surface area contributed by atoms with Crippen LogP contribution in [0.5, 0.6) is 0 Å². The number of para-hydroxylation sites is 1. The minimum Gasteiger partial charge on any atom is -0.456 e. The van der Waals surface area contributed by atoms with E-state index in [0.29, 0.717) is 16.7 Å². The lowest BCUT2D eigenvalue weighted by molar-refractivity contribution is 0.669. The molecule has 206 valence electrons. The van der Waals surface area contributed by atoms with Crippen molar-refractivity contribution in [2.45, 2.75) is 6.42 Å². The Kier molecular flexibility index (Phi) is 4.10. The molecule has 8 aromatic carbocycles. The van der Waals surface area contributed by atoms with Gasteiger partial charge in [0.25, 0.3) is 0 Å². The first-order chi connectivity index (χ1) is 25.1. The smallest absolute Gasteiger partial charge is 0.135 e. The molecule has 1 heterocycles. The van der Waals surface area contributed by atoms with Crippen molar-refractivity contribution in [2.75, 3.05) is 0 Å². The number of rotatable bonds is 4. The highest BCUT2D eigenvalue weighted by molar-refractivity contribution is 6.15. The zero-order chi connectivity index (χ0) is 36.0. The largest absolute Gasteiger partial charge is 0.456 e. The van der Waals surface area contributed by atoms with Gasteiger partial charge in [-0.05, 0) is 90.3 Å². The van der Waals surface area contributed by atoms with Gasteiger partial charge in [-0.2, -0.15) is 0 Å². The van der Waals surface area contributed by atoms with E-state index >= 15 is 0 Å². The summed E-state index contributed by atoms with van der Waals surface area (Å²) in [5, 5.41) is 4.88. The number of fused-ring (bicyclic) bond motifs is 6. The molecule has 0 atom stereocenters. The van der Waals surface area contributed by atoms with Gasteiger partial charge in [-0.1, -0.05) is 139 Å². The molecular weight excluding hydrogens is 532 g/mol. The van der Waals surface area contributed by atoms with E-state index in [2.05, 4.69) is 6.07 Å². The van der Waals surface area contributed by atoms with Gasteiger partial charge in [0.05, 0.1) is 11.0 Å². The van der Waals surface area contributed by atoms with E-state index in [1.54, 1.807) is 0 Å². The summed E-state index contributed by atoms with van der Waals surface area (Å²) in [4.78, 5) is 0. The van der Waals surface area contributed by atoms with E-state index < -0.39 is 24.2 Å². The molecule has 0 saturated heterocycles. The lowest BCUT2D eigenvalue weighted by Gasteiger charge is -2.18. The third-order valence-electron chi connectivity index (χ3n) is 8.61. The van der Waals surface area contributed by atoms with E-state index in [1.165, 1.54) is 0 Å². The van der Waals surface area contributed by atoms with E-state index in [4.69, 9.17) is 9.90 Å². The Labute approximate surface area is 266 Å². The number of hydrogen-bond acceptors (Lipinski definition) is 1. The van der Waals surface area contributed by atoms with Gasteiger partial charge in [-0.25, -0.2) is 0 Å². The van der Waals surface area contributed by atoms with Crippen LogP contribution in [-0.2, 0) is 6.42 Å². The summed E-state index contributed by atoms with van der Waals surface area (Å²) >= 11 is 0. The summed E-state index contributed by atoms with van der Waals surface area (Å²) < 4.78 is 77.7. The summed E-state index contributed by atoms with van der Waals surface area (Å²) in [5.41, 5.74) is 5.67. The summed E-state index contributed by atoms with van der Waals surface area (Å²) in [7, 11) is 0. The van der Waals surface area contributed by atoms with Gasteiger partial charge in [0.1, 0.15) is 11.2 Å². The lowest BCUT2D eigenvalue weighted by Crippen LogP contribution is -1.96. The van der Waals surface area contributed by atoms with E-state index in [1.807, 2.05) is 103 Å². The molecule has 9 rings (SSSR count). The van der Waals surface area contributed by atoms with Crippen molar-refractivity contribution < 1.29 is 15.4 Å². The van der Waals surface area contributed by atoms with Gasteiger partial charge in [0.2, 0.25) is 0 Å². The fourth-order valence-corrected chi connectivity index (χ4v) is 6.54. The van der Waals surface area contributed by atoms with Crippen molar-refractivity contribution in [3.63, 3.8) is 0 Å². The Morgan fingerprint density at radius 1 is 0.455 bits per heavy atom. The topological polar surface area (TPSA) is 13.1 Å². The van der Waals surface area contributed by atoms with Gasteiger partial charge >= 0.3 is 0 Å². The molecule has 0 amide bonds. The predicted octanol–water partition coefficient (Wildman–Crippen LogP) is 12.0. The van der Waals surface area contributed by atoms with Gasteiger partial charge in [0.15, 0.2) is 0 Å². The summed E-state index contributed by atoms with van der Waals surface area (Å²) in [6.07, 6.45) is 0.183. The highest BCUT2D eigenvalue weighted by atomic mass is 16.3. The van der Waals surface area contributed by atoms with Crippen LogP contribution in [0.25, 0.3) is 76.5 Å². The van der Waals surface area contributed by atoms with Gasteiger partial charge < -0.3 is 4.42 Å². The van der Waals surface area contributed by atoms with Crippen LogP contribution < -0.4 is 0 Å². The molecule has 0 unspecified atom stereocenters. The Morgan fingerprint density at radius 2 is 1.05 bits per heavy atom.